The Morgan fingerprint density at radius 3 is 2.47 bits per heavy atom. The number of hydrogen-bond acceptors (Lipinski definition) is 5. The molecule has 1 aliphatic rings. The predicted octanol–water partition coefficient (Wildman–Crippen LogP) is 1.77. The highest BCUT2D eigenvalue weighted by molar-refractivity contribution is 7.89. The van der Waals surface area contributed by atoms with Crippen molar-refractivity contribution >= 4 is 21.8 Å². The second-order valence-electron chi connectivity index (χ2n) is 6.71. The second kappa shape index (κ2) is 10.6. The van der Waals surface area contributed by atoms with Gasteiger partial charge in [0.1, 0.15) is 5.75 Å². The third-order valence-corrected chi connectivity index (χ3v) is 5.86. The van der Waals surface area contributed by atoms with Crippen molar-refractivity contribution in [3.8, 4) is 5.75 Å². The van der Waals surface area contributed by atoms with E-state index in [1.54, 1.807) is 4.90 Å². The van der Waals surface area contributed by atoms with Gasteiger partial charge in [-0.25, -0.2) is 13.1 Å². The minimum Gasteiger partial charge on any atom is -0.406 e. The number of rotatable bonds is 9. The standard InChI is InChI=1S/C18H24F3N3O5S/c19-18(20,21)29-14-5-7-15(8-6-14)30(27,28)23-10-9-16(25)22-11-13-24-12-3-1-2-4-17(24)26/h5-8,23H,1-4,9-13H2,(H,22,25). The first-order valence-electron chi connectivity index (χ1n) is 9.47. The summed E-state index contributed by atoms with van der Waals surface area (Å²) < 4.78 is 66.6. The van der Waals surface area contributed by atoms with Crippen molar-refractivity contribution in [1.29, 1.82) is 0 Å². The van der Waals surface area contributed by atoms with Crippen LogP contribution in [-0.2, 0) is 19.6 Å². The fourth-order valence-corrected chi connectivity index (χ4v) is 3.93. The largest absolute Gasteiger partial charge is 0.573 e. The molecule has 1 saturated heterocycles. The Hall–Kier alpha value is -2.34. The van der Waals surface area contributed by atoms with Crippen LogP contribution in [0.15, 0.2) is 29.2 Å². The van der Waals surface area contributed by atoms with Gasteiger partial charge in [0, 0.05) is 39.0 Å². The molecule has 2 amide bonds. The number of carbonyl (C=O) groups is 2. The fourth-order valence-electron chi connectivity index (χ4n) is 2.90. The molecule has 8 nitrogen and oxygen atoms in total. The Bertz CT molecular complexity index is 828. The van der Waals surface area contributed by atoms with Gasteiger partial charge in [0.15, 0.2) is 0 Å². The van der Waals surface area contributed by atoms with Gasteiger partial charge < -0.3 is 15.0 Å². The molecule has 0 atom stereocenters. The third-order valence-electron chi connectivity index (χ3n) is 4.39. The first kappa shape index (κ1) is 23.9. The Morgan fingerprint density at radius 2 is 1.80 bits per heavy atom. The number of nitrogens with zero attached hydrogens (tertiary/aromatic N) is 1. The second-order valence-corrected chi connectivity index (χ2v) is 8.48. The van der Waals surface area contributed by atoms with Crippen LogP contribution in [0.3, 0.4) is 0 Å². The van der Waals surface area contributed by atoms with E-state index in [0.717, 1.165) is 43.5 Å². The number of sulfonamides is 1. The summed E-state index contributed by atoms with van der Waals surface area (Å²) in [6.07, 6.45) is -1.66. The molecular formula is C18H24F3N3O5S. The topological polar surface area (TPSA) is 105 Å². The van der Waals surface area contributed by atoms with Gasteiger partial charge in [-0.1, -0.05) is 6.42 Å². The quantitative estimate of drug-likeness (QED) is 0.596. The molecule has 0 saturated carbocycles. The van der Waals surface area contributed by atoms with E-state index in [0.29, 0.717) is 19.5 Å². The van der Waals surface area contributed by atoms with Crippen LogP contribution >= 0.6 is 0 Å². The van der Waals surface area contributed by atoms with Gasteiger partial charge in [-0.2, -0.15) is 0 Å². The first-order valence-corrected chi connectivity index (χ1v) is 10.9. The number of alkyl halides is 3. The van der Waals surface area contributed by atoms with Crippen molar-refractivity contribution in [2.75, 3.05) is 26.2 Å². The third kappa shape index (κ3) is 8.19. The fraction of sp³-hybridized carbons (Fsp3) is 0.556. The molecular weight excluding hydrogens is 427 g/mol. The zero-order valence-electron chi connectivity index (χ0n) is 16.2. The molecule has 0 radical (unpaired) electrons. The normalized spacial score (nSPS) is 15.6. The summed E-state index contributed by atoms with van der Waals surface area (Å²) in [7, 11) is -3.99. The highest BCUT2D eigenvalue weighted by Gasteiger charge is 2.31. The molecule has 0 unspecified atom stereocenters. The molecule has 1 fully saturated rings. The van der Waals surface area contributed by atoms with Gasteiger partial charge >= 0.3 is 6.36 Å². The molecule has 1 heterocycles. The highest BCUT2D eigenvalue weighted by atomic mass is 32.2. The lowest BCUT2D eigenvalue weighted by Gasteiger charge is -2.20. The number of likely N-dealkylation sites (tertiary alicyclic amines) is 1. The molecule has 12 heteroatoms. The van der Waals surface area contributed by atoms with E-state index < -0.39 is 22.1 Å². The Morgan fingerprint density at radius 1 is 1.10 bits per heavy atom. The number of ether oxygens (including phenoxy) is 1. The smallest absolute Gasteiger partial charge is 0.406 e. The van der Waals surface area contributed by atoms with E-state index in [-0.39, 0.29) is 36.2 Å². The van der Waals surface area contributed by atoms with Gasteiger partial charge in [0.05, 0.1) is 4.90 Å². The van der Waals surface area contributed by atoms with Gasteiger partial charge in [-0.05, 0) is 37.1 Å². The maximum atomic E-state index is 12.1. The van der Waals surface area contributed by atoms with Crippen LogP contribution in [0.2, 0.25) is 0 Å². The minimum atomic E-state index is -4.87. The molecule has 2 rings (SSSR count). The van der Waals surface area contributed by atoms with Crippen LogP contribution in [0.1, 0.15) is 32.1 Å². The first-order chi connectivity index (χ1) is 14.1. The number of amides is 2. The maximum Gasteiger partial charge on any atom is 0.573 e. The Balaban J connectivity index is 1.72. The van der Waals surface area contributed by atoms with Crippen molar-refractivity contribution in [3.05, 3.63) is 24.3 Å². The summed E-state index contributed by atoms with van der Waals surface area (Å²) in [5.74, 6) is -0.848. The summed E-state index contributed by atoms with van der Waals surface area (Å²) in [6.45, 7) is 1.17. The Kier molecular flexibility index (Phi) is 8.47. The van der Waals surface area contributed by atoms with Crippen molar-refractivity contribution in [2.45, 2.75) is 43.4 Å². The molecule has 168 valence electrons. The molecule has 30 heavy (non-hydrogen) atoms. The average Bonchev–Trinajstić information content (AvgIpc) is 2.85. The molecule has 0 spiro atoms. The summed E-state index contributed by atoms with van der Waals surface area (Å²) >= 11 is 0. The van der Waals surface area contributed by atoms with Gasteiger partial charge in [-0.15, -0.1) is 13.2 Å². The van der Waals surface area contributed by atoms with E-state index in [9.17, 15) is 31.2 Å². The number of carbonyl (C=O) groups excluding carboxylic acids is 2. The van der Waals surface area contributed by atoms with Crippen LogP contribution in [-0.4, -0.2) is 57.7 Å². The zero-order chi connectivity index (χ0) is 22.2. The number of halogens is 3. The average molecular weight is 451 g/mol. The van der Waals surface area contributed by atoms with Crippen molar-refractivity contribution in [2.24, 2.45) is 0 Å². The van der Waals surface area contributed by atoms with Crippen LogP contribution in [0.5, 0.6) is 5.75 Å². The highest BCUT2D eigenvalue weighted by Crippen LogP contribution is 2.23. The van der Waals surface area contributed by atoms with Crippen molar-refractivity contribution in [1.82, 2.24) is 14.9 Å². The lowest BCUT2D eigenvalue weighted by Crippen LogP contribution is -2.39. The molecule has 0 aliphatic carbocycles. The number of benzene rings is 1. The van der Waals surface area contributed by atoms with Gasteiger partial charge in [0.2, 0.25) is 21.8 Å². The number of hydrogen-bond donors (Lipinski definition) is 2. The molecule has 0 aromatic heterocycles. The van der Waals surface area contributed by atoms with Crippen LogP contribution in [0.4, 0.5) is 13.2 Å². The van der Waals surface area contributed by atoms with Crippen LogP contribution in [0.25, 0.3) is 0 Å². The summed E-state index contributed by atoms with van der Waals surface area (Å²) in [4.78, 5) is 25.2. The van der Waals surface area contributed by atoms with Crippen molar-refractivity contribution in [3.63, 3.8) is 0 Å². The zero-order valence-corrected chi connectivity index (χ0v) is 17.0. The molecule has 0 bridgehead atoms. The molecule has 2 N–H and O–H groups in total. The van der Waals surface area contributed by atoms with E-state index in [2.05, 4.69) is 14.8 Å². The predicted molar refractivity (Wildman–Crippen MR) is 101 cm³/mol. The van der Waals surface area contributed by atoms with Crippen LogP contribution < -0.4 is 14.8 Å². The minimum absolute atomic E-state index is 0.0705. The monoisotopic (exact) mass is 451 g/mol. The maximum absolute atomic E-state index is 12.1. The summed E-state index contributed by atoms with van der Waals surface area (Å²) in [5.41, 5.74) is 0. The Labute approximate surface area is 172 Å². The lowest BCUT2D eigenvalue weighted by molar-refractivity contribution is -0.274. The van der Waals surface area contributed by atoms with E-state index in [1.165, 1.54) is 0 Å². The molecule has 1 aliphatic heterocycles. The van der Waals surface area contributed by atoms with Gasteiger partial charge in [-0.3, -0.25) is 9.59 Å². The SMILES string of the molecule is O=C(CCNS(=O)(=O)c1ccc(OC(F)(F)F)cc1)NCCN1CCCCCC1=O. The van der Waals surface area contributed by atoms with Crippen LogP contribution in [0, 0.1) is 0 Å². The summed E-state index contributed by atoms with van der Waals surface area (Å²) in [5, 5.41) is 2.64. The molecule has 1 aromatic carbocycles. The van der Waals surface area contributed by atoms with E-state index in [4.69, 9.17) is 0 Å². The summed E-state index contributed by atoms with van der Waals surface area (Å²) in [6, 6.07) is 3.72. The van der Waals surface area contributed by atoms with E-state index >= 15 is 0 Å². The van der Waals surface area contributed by atoms with E-state index in [1.807, 2.05) is 0 Å². The van der Waals surface area contributed by atoms with Crippen molar-refractivity contribution < 1.29 is 35.9 Å². The van der Waals surface area contributed by atoms with Gasteiger partial charge in [0.25, 0.3) is 0 Å². The lowest BCUT2D eigenvalue weighted by atomic mass is 10.2. The molecule has 1 aromatic rings. The number of nitrogens with one attached hydrogen (secondary N) is 2.